The van der Waals surface area contributed by atoms with E-state index in [1.54, 1.807) is 21.9 Å². The highest BCUT2D eigenvalue weighted by atomic mass is 16.2. The number of nitrogens with one attached hydrogen (secondary N) is 1. The Morgan fingerprint density at radius 3 is 2.61 bits per heavy atom. The van der Waals surface area contributed by atoms with Crippen molar-refractivity contribution >= 4 is 23.4 Å². The fourth-order valence-corrected chi connectivity index (χ4v) is 4.90. The lowest BCUT2D eigenvalue weighted by atomic mass is 9.98. The monoisotopic (exact) mass is 427 g/mol. The lowest BCUT2D eigenvalue weighted by Gasteiger charge is -2.48. The average molecular weight is 428 g/mol. The molecule has 0 saturated carbocycles. The number of rotatable bonds is 7. The number of nitrogens with zero attached hydrogens (tertiary/aromatic N) is 4. The molecule has 0 aromatic heterocycles. The minimum atomic E-state index is -0.790. The summed E-state index contributed by atoms with van der Waals surface area (Å²) in [6.45, 7) is 7.94. The third-order valence-corrected chi connectivity index (χ3v) is 6.87. The normalized spacial score (nSPS) is 24.3. The first-order valence-electron chi connectivity index (χ1n) is 11.3. The Hall–Kier alpha value is -2.45. The van der Waals surface area contributed by atoms with Crippen LogP contribution in [0.5, 0.6) is 0 Å². The van der Waals surface area contributed by atoms with Crippen LogP contribution < -0.4 is 10.2 Å². The molecule has 168 valence electrons. The maximum atomic E-state index is 13.2. The number of hydrogen-bond donors (Lipinski definition) is 1. The average Bonchev–Trinajstić information content (AvgIpc) is 3.07. The van der Waals surface area contributed by atoms with Gasteiger partial charge in [-0.1, -0.05) is 12.1 Å². The molecule has 2 fully saturated rings. The molecule has 0 radical (unpaired) electrons. The number of hydrogen-bond acceptors (Lipinski definition) is 5. The molecule has 3 aliphatic rings. The van der Waals surface area contributed by atoms with E-state index in [0.717, 1.165) is 45.6 Å². The van der Waals surface area contributed by atoms with Gasteiger partial charge in [0.2, 0.25) is 11.8 Å². The molecule has 1 aromatic rings. The Morgan fingerprint density at radius 1 is 1.10 bits per heavy atom. The van der Waals surface area contributed by atoms with Gasteiger partial charge >= 0.3 is 0 Å². The highest BCUT2D eigenvalue weighted by molar-refractivity contribution is 6.11. The van der Waals surface area contributed by atoms with Gasteiger partial charge in [0.1, 0.15) is 12.2 Å². The van der Waals surface area contributed by atoms with E-state index in [0.29, 0.717) is 30.6 Å². The lowest BCUT2D eigenvalue weighted by molar-refractivity contribution is -0.124. The van der Waals surface area contributed by atoms with Crippen molar-refractivity contribution in [1.82, 2.24) is 20.0 Å². The molecule has 4 rings (SSSR count). The minimum Gasteiger partial charge on any atom is -0.355 e. The largest absolute Gasteiger partial charge is 0.355 e. The van der Waals surface area contributed by atoms with Gasteiger partial charge in [0, 0.05) is 39.1 Å². The van der Waals surface area contributed by atoms with Crippen molar-refractivity contribution in [2.24, 2.45) is 0 Å². The van der Waals surface area contributed by atoms with E-state index < -0.39 is 5.66 Å². The molecule has 0 aliphatic carbocycles. The van der Waals surface area contributed by atoms with Gasteiger partial charge in [0.05, 0.1) is 11.3 Å². The summed E-state index contributed by atoms with van der Waals surface area (Å²) < 4.78 is 0. The van der Waals surface area contributed by atoms with E-state index in [-0.39, 0.29) is 24.3 Å². The number of benzene rings is 1. The highest BCUT2D eigenvalue weighted by Gasteiger charge is 2.53. The Morgan fingerprint density at radius 2 is 1.84 bits per heavy atom. The van der Waals surface area contributed by atoms with Gasteiger partial charge in [-0.25, -0.2) is 0 Å². The molecular weight excluding hydrogens is 394 g/mol. The first kappa shape index (κ1) is 21.8. The highest BCUT2D eigenvalue weighted by Crippen LogP contribution is 2.43. The third kappa shape index (κ3) is 4.32. The van der Waals surface area contributed by atoms with Crippen molar-refractivity contribution in [1.29, 1.82) is 0 Å². The molecule has 1 aromatic carbocycles. The molecule has 0 spiro atoms. The van der Waals surface area contributed by atoms with Gasteiger partial charge in [0.25, 0.3) is 5.91 Å². The van der Waals surface area contributed by atoms with Crippen molar-refractivity contribution in [3.63, 3.8) is 0 Å². The minimum absolute atomic E-state index is 0.00300. The Labute approximate surface area is 184 Å². The fraction of sp³-hybridized carbons (Fsp3) is 0.609. The predicted molar refractivity (Wildman–Crippen MR) is 119 cm³/mol. The lowest BCUT2D eigenvalue weighted by Crippen LogP contribution is -2.63. The summed E-state index contributed by atoms with van der Waals surface area (Å²) in [5.41, 5.74) is 0.342. The number of anilines is 1. The summed E-state index contributed by atoms with van der Waals surface area (Å²) in [5, 5.41) is 2.96. The summed E-state index contributed by atoms with van der Waals surface area (Å²) in [7, 11) is 2.15. The maximum Gasteiger partial charge on any atom is 0.258 e. The van der Waals surface area contributed by atoms with Crippen LogP contribution in [0.2, 0.25) is 0 Å². The molecule has 3 aliphatic heterocycles. The summed E-state index contributed by atoms with van der Waals surface area (Å²) in [5.74, 6) is -0.362. The SMILES string of the molecule is CN1CCN(CCCCNC(=O)CN2C(=O)c3ccccc3N3C(=O)CCC23C)CC1. The molecule has 3 heterocycles. The van der Waals surface area contributed by atoms with Crippen molar-refractivity contribution in [2.75, 3.05) is 57.8 Å². The number of para-hydroxylation sites is 1. The van der Waals surface area contributed by atoms with E-state index in [1.807, 2.05) is 19.1 Å². The van der Waals surface area contributed by atoms with Gasteiger partial charge in [-0.05, 0) is 51.9 Å². The molecular formula is C23H33N5O3. The smallest absolute Gasteiger partial charge is 0.258 e. The summed E-state index contributed by atoms with van der Waals surface area (Å²) in [4.78, 5) is 46.5. The topological polar surface area (TPSA) is 76.2 Å². The van der Waals surface area contributed by atoms with Crippen molar-refractivity contribution in [2.45, 2.75) is 38.3 Å². The van der Waals surface area contributed by atoms with Crippen LogP contribution in [0, 0.1) is 0 Å². The first-order chi connectivity index (χ1) is 14.9. The molecule has 1 N–H and O–H groups in total. The standard InChI is InChI=1S/C23H33N5O3/c1-23-10-9-21(30)28(23)19-8-4-3-7-18(19)22(31)27(23)17-20(29)24-11-5-6-12-26-15-13-25(2)14-16-26/h3-4,7-8H,5-6,9-17H2,1-2H3,(H,24,29). The summed E-state index contributed by atoms with van der Waals surface area (Å²) >= 11 is 0. The van der Waals surface area contributed by atoms with Crippen LogP contribution in [0.3, 0.4) is 0 Å². The third-order valence-electron chi connectivity index (χ3n) is 6.87. The number of amides is 3. The Bertz CT molecular complexity index is 851. The Kier molecular flexibility index (Phi) is 6.29. The molecule has 0 bridgehead atoms. The fourth-order valence-electron chi connectivity index (χ4n) is 4.90. The van der Waals surface area contributed by atoms with E-state index in [9.17, 15) is 14.4 Å². The van der Waals surface area contributed by atoms with Crippen LogP contribution in [0.1, 0.15) is 43.0 Å². The number of fused-ring (bicyclic) bond motifs is 3. The predicted octanol–water partition coefficient (Wildman–Crippen LogP) is 1.13. The summed E-state index contributed by atoms with van der Waals surface area (Å²) in [6, 6.07) is 7.17. The van der Waals surface area contributed by atoms with Gasteiger partial charge in [0.15, 0.2) is 0 Å². The van der Waals surface area contributed by atoms with Crippen LogP contribution in [-0.2, 0) is 9.59 Å². The van der Waals surface area contributed by atoms with E-state index in [4.69, 9.17) is 0 Å². The second-order valence-electron chi connectivity index (χ2n) is 9.06. The molecule has 1 unspecified atom stereocenters. The van der Waals surface area contributed by atoms with Crippen LogP contribution >= 0.6 is 0 Å². The van der Waals surface area contributed by atoms with Crippen molar-refractivity contribution in [3.05, 3.63) is 29.8 Å². The molecule has 31 heavy (non-hydrogen) atoms. The zero-order valence-electron chi connectivity index (χ0n) is 18.6. The Balaban J connectivity index is 1.31. The molecule has 3 amide bonds. The van der Waals surface area contributed by atoms with Crippen LogP contribution in [0.15, 0.2) is 24.3 Å². The number of piperazine rings is 1. The quantitative estimate of drug-likeness (QED) is 0.661. The van der Waals surface area contributed by atoms with Gasteiger partial charge < -0.3 is 20.0 Å². The zero-order chi connectivity index (χ0) is 22.0. The first-order valence-corrected chi connectivity index (χ1v) is 11.3. The number of carbonyl (C=O) groups excluding carboxylic acids is 3. The molecule has 1 atom stereocenters. The van der Waals surface area contributed by atoms with E-state index >= 15 is 0 Å². The van der Waals surface area contributed by atoms with Gasteiger partial charge in [-0.15, -0.1) is 0 Å². The van der Waals surface area contributed by atoms with Crippen LogP contribution in [0.4, 0.5) is 5.69 Å². The van der Waals surface area contributed by atoms with Crippen LogP contribution in [0.25, 0.3) is 0 Å². The second-order valence-corrected chi connectivity index (χ2v) is 9.06. The second kappa shape index (κ2) is 8.96. The van der Waals surface area contributed by atoms with Crippen molar-refractivity contribution in [3.8, 4) is 0 Å². The van der Waals surface area contributed by atoms with Gasteiger partial charge in [-0.2, -0.15) is 0 Å². The molecule has 2 saturated heterocycles. The van der Waals surface area contributed by atoms with Gasteiger partial charge in [-0.3, -0.25) is 19.3 Å². The summed E-state index contributed by atoms with van der Waals surface area (Å²) in [6.07, 6.45) is 2.86. The maximum absolute atomic E-state index is 13.2. The zero-order valence-corrected chi connectivity index (χ0v) is 18.6. The van der Waals surface area contributed by atoms with E-state index in [2.05, 4.69) is 22.2 Å². The molecule has 8 nitrogen and oxygen atoms in total. The number of carbonyl (C=O) groups is 3. The van der Waals surface area contributed by atoms with Crippen molar-refractivity contribution < 1.29 is 14.4 Å². The number of likely N-dealkylation sites (N-methyl/N-ethyl adjacent to an activating group) is 1. The van der Waals surface area contributed by atoms with Crippen LogP contribution in [-0.4, -0.2) is 90.9 Å². The van der Waals surface area contributed by atoms with E-state index in [1.165, 1.54) is 0 Å². The molecule has 8 heteroatoms. The number of unbranched alkanes of at least 4 members (excludes halogenated alkanes) is 1.